The van der Waals surface area contributed by atoms with E-state index in [0.29, 0.717) is 6.42 Å². The number of aliphatic hydroxyl groups is 8. The summed E-state index contributed by atoms with van der Waals surface area (Å²) in [4.78, 5) is 13.3. The summed E-state index contributed by atoms with van der Waals surface area (Å²) in [5.74, 6) is -0.256. The van der Waals surface area contributed by atoms with Crippen molar-refractivity contribution in [2.45, 2.75) is 293 Å². The predicted molar refractivity (Wildman–Crippen MR) is 313 cm³/mol. The molecule has 2 aliphatic rings. The second-order valence-electron chi connectivity index (χ2n) is 21.5. The van der Waals surface area contributed by atoms with Gasteiger partial charge in [-0.05, 0) is 70.6 Å². The molecule has 14 heteroatoms. The number of rotatable bonds is 48. The molecule has 2 saturated heterocycles. The summed E-state index contributed by atoms with van der Waals surface area (Å²) in [6.07, 6.45) is 48.9. The van der Waals surface area contributed by atoms with Crippen molar-refractivity contribution in [2.24, 2.45) is 0 Å². The minimum Gasteiger partial charge on any atom is -0.394 e. The number of allylic oxidation sites excluding steroid dienone is 13. The summed E-state index contributed by atoms with van der Waals surface area (Å²) in [5, 5.41) is 87.2. The van der Waals surface area contributed by atoms with Gasteiger partial charge in [-0.3, -0.25) is 4.79 Å². The Kier molecular flexibility index (Phi) is 44.6. The third kappa shape index (κ3) is 33.8. The molecule has 0 aromatic heterocycles. The van der Waals surface area contributed by atoms with E-state index in [2.05, 4.69) is 92.1 Å². The molecule has 0 saturated carbocycles. The van der Waals surface area contributed by atoms with Crippen molar-refractivity contribution in [3.63, 3.8) is 0 Å². The molecule has 2 rings (SSSR count). The van der Waals surface area contributed by atoms with Crippen molar-refractivity contribution in [3.8, 4) is 0 Å². The SMILES string of the molecule is CC/C=C\C/C=C\C/C=C\C/C=C\C/C=C\C/C=C\CCCCCCCCC(=O)NC(COC1OC(CO)C(OC2OC(CO)C(O)C(O)C2O)C(O)C1O)C(O)/C=C/CCCCCCCCCCCCCCCCCCC. The van der Waals surface area contributed by atoms with Gasteiger partial charge in [-0.2, -0.15) is 0 Å². The number of unbranched alkanes of at least 4 members (excludes halogenated alkanes) is 23. The molecule has 0 aromatic rings. The number of aliphatic hydroxyl groups excluding tert-OH is 8. The lowest BCUT2D eigenvalue weighted by Crippen LogP contribution is -2.65. The smallest absolute Gasteiger partial charge is 0.220 e. The molecule has 14 nitrogen and oxygen atoms in total. The fourth-order valence-corrected chi connectivity index (χ4v) is 9.65. The highest BCUT2D eigenvalue weighted by Crippen LogP contribution is 2.30. The van der Waals surface area contributed by atoms with Gasteiger partial charge in [0.1, 0.15) is 48.8 Å². The zero-order chi connectivity index (χ0) is 56.7. The molecule has 12 atom stereocenters. The van der Waals surface area contributed by atoms with E-state index in [0.717, 1.165) is 96.3 Å². The van der Waals surface area contributed by atoms with Gasteiger partial charge >= 0.3 is 0 Å². The monoisotopic (exact) mass is 1100 g/mol. The highest BCUT2D eigenvalue weighted by Gasteiger charge is 2.51. The molecule has 0 aromatic carbocycles. The lowest BCUT2D eigenvalue weighted by atomic mass is 9.97. The molecule has 450 valence electrons. The van der Waals surface area contributed by atoms with Crippen LogP contribution < -0.4 is 5.32 Å². The van der Waals surface area contributed by atoms with Crippen LogP contribution in [0.15, 0.2) is 85.1 Å². The van der Waals surface area contributed by atoms with Crippen LogP contribution in [0, 0.1) is 0 Å². The minimum atomic E-state index is -1.79. The van der Waals surface area contributed by atoms with E-state index in [4.69, 9.17) is 18.9 Å². The number of amides is 1. The first-order valence-corrected chi connectivity index (χ1v) is 30.8. The molecule has 0 bridgehead atoms. The van der Waals surface area contributed by atoms with Crippen molar-refractivity contribution in [1.29, 1.82) is 0 Å². The summed E-state index contributed by atoms with van der Waals surface area (Å²) in [6.45, 7) is 2.68. The summed E-state index contributed by atoms with van der Waals surface area (Å²) in [5.41, 5.74) is 0. The summed E-state index contributed by atoms with van der Waals surface area (Å²) < 4.78 is 22.8. The van der Waals surface area contributed by atoms with Gasteiger partial charge in [-0.1, -0.05) is 227 Å². The fourth-order valence-electron chi connectivity index (χ4n) is 9.65. The third-order valence-electron chi connectivity index (χ3n) is 14.6. The molecule has 2 aliphatic heterocycles. The van der Waals surface area contributed by atoms with E-state index in [1.165, 1.54) is 96.3 Å². The maximum absolute atomic E-state index is 13.3. The average Bonchev–Trinajstić information content (AvgIpc) is 3.44. The Morgan fingerprint density at radius 3 is 1.36 bits per heavy atom. The molecule has 0 radical (unpaired) electrons. The maximum Gasteiger partial charge on any atom is 0.220 e. The summed E-state index contributed by atoms with van der Waals surface area (Å²) in [7, 11) is 0. The second kappa shape index (κ2) is 48.8. The van der Waals surface area contributed by atoms with Crippen LogP contribution in [0.3, 0.4) is 0 Å². The van der Waals surface area contributed by atoms with E-state index in [9.17, 15) is 45.6 Å². The van der Waals surface area contributed by atoms with Gasteiger partial charge in [-0.25, -0.2) is 0 Å². The molecule has 9 N–H and O–H groups in total. The van der Waals surface area contributed by atoms with Gasteiger partial charge in [0.2, 0.25) is 5.91 Å². The Hall–Kier alpha value is -2.83. The van der Waals surface area contributed by atoms with Crippen LogP contribution in [0.5, 0.6) is 0 Å². The van der Waals surface area contributed by atoms with Crippen LogP contribution in [-0.4, -0.2) is 140 Å². The largest absolute Gasteiger partial charge is 0.394 e. The van der Waals surface area contributed by atoms with Crippen LogP contribution in [0.4, 0.5) is 0 Å². The molecule has 78 heavy (non-hydrogen) atoms. The van der Waals surface area contributed by atoms with Crippen LogP contribution in [0.25, 0.3) is 0 Å². The van der Waals surface area contributed by atoms with Crippen LogP contribution >= 0.6 is 0 Å². The second-order valence-corrected chi connectivity index (χ2v) is 21.5. The number of carbonyl (C=O) groups is 1. The van der Waals surface area contributed by atoms with Crippen LogP contribution in [0.2, 0.25) is 0 Å². The Labute approximate surface area is 471 Å². The minimum absolute atomic E-state index is 0.256. The van der Waals surface area contributed by atoms with Crippen molar-refractivity contribution in [3.05, 3.63) is 85.1 Å². The van der Waals surface area contributed by atoms with Gasteiger partial charge < -0.3 is 65.1 Å². The lowest BCUT2D eigenvalue weighted by Gasteiger charge is -2.46. The van der Waals surface area contributed by atoms with Gasteiger partial charge in [0.25, 0.3) is 0 Å². The first-order valence-electron chi connectivity index (χ1n) is 30.8. The van der Waals surface area contributed by atoms with E-state index < -0.39 is 86.8 Å². The normalized spacial score (nSPS) is 25.2. The van der Waals surface area contributed by atoms with E-state index in [-0.39, 0.29) is 18.9 Å². The number of hydrogen-bond donors (Lipinski definition) is 9. The fraction of sp³-hybridized carbons (Fsp3) is 0.766. The molecule has 2 fully saturated rings. The third-order valence-corrected chi connectivity index (χ3v) is 14.6. The quantitative estimate of drug-likeness (QED) is 0.0204. The molecule has 0 spiro atoms. The first-order chi connectivity index (χ1) is 38.1. The highest BCUT2D eigenvalue weighted by molar-refractivity contribution is 5.76. The number of carbonyl (C=O) groups excluding carboxylic acids is 1. The van der Waals surface area contributed by atoms with Crippen LogP contribution in [-0.2, 0) is 23.7 Å². The van der Waals surface area contributed by atoms with Gasteiger partial charge in [-0.15, -0.1) is 0 Å². The Morgan fingerprint density at radius 2 is 0.885 bits per heavy atom. The number of hydrogen-bond acceptors (Lipinski definition) is 13. The number of ether oxygens (including phenoxy) is 4. The zero-order valence-electron chi connectivity index (χ0n) is 48.4. The molecule has 2 heterocycles. The van der Waals surface area contributed by atoms with Crippen molar-refractivity contribution in [2.75, 3.05) is 19.8 Å². The molecule has 1 amide bonds. The standard InChI is InChI=1S/C64H111NO13/c1-3-5-7-9-11-13-15-17-19-21-23-24-25-26-27-28-30-32-34-36-38-40-42-44-46-48-56(69)65-52(53(68)47-45-43-41-39-37-35-33-31-29-22-20-18-16-14-12-10-8-6-4-2)51-75-63-61(74)59(72)62(55(50-67)77-63)78-64-60(73)58(71)57(70)54(49-66)76-64/h5,7,11,13,17,19,23-24,26-27,30,32,45,47,52-55,57-64,66-68,70-74H,3-4,6,8-10,12,14-16,18,20-22,25,28-29,31,33-44,46,48-51H2,1-2H3,(H,65,69)/b7-5-,13-11-,19-17-,24-23-,27-26-,32-30-,47-45+. The van der Waals surface area contributed by atoms with Gasteiger partial charge in [0, 0.05) is 6.42 Å². The van der Waals surface area contributed by atoms with Crippen molar-refractivity contribution >= 4 is 5.91 Å². The lowest BCUT2D eigenvalue weighted by molar-refractivity contribution is -0.359. The summed E-state index contributed by atoms with van der Waals surface area (Å²) in [6, 6.07) is -0.929. The highest BCUT2D eigenvalue weighted by atomic mass is 16.7. The van der Waals surface area contributed by atoms with E-state index in [1.807, 2.05) is 6.08 Å². The molecular weight excluding hydrogens is 991 g/mol. The molecule has 12 unspecified atom stereocenters. The Bertz CT molecular complexity index is 1630. The first kappa shape index (κ1) is 71.3. The maximum atomic E-state index is 13.3. The van der Waals surface area contributed by atoms with Gasteiger partial charge in [0.05, 0.1) is 32.0 Å². The van der Waals surface area contributed by atoms with Crippen LogP contribution in [0.1, 0.15) is 219 Å². The molecule has 0 aliphatic carbocycles. The van der Waals surface area contributed by atoms with Crippen molar-refractivity contribution in [1.82, 2.24) is 5.32 Å². The average molecular weight is 1100 g/mol. The van der Waals surface area contributed by atoms with Crippen molar-refractivity contribution < 1.29 is 64.6 Å². The Balaban J connectivity index is 1.77. The summed E-state index contributed by atoms with van der Waals surface area (Å²) >= 11 is 0. The molecular formula is C64H111NO13. The van der Waals surface area contributed by atoms with E-state index >= 15 is 0 Å². The van der Waals surface area contributed by atoms with E-state index in [1.54, 1.807) is 6.08 Å². The topological polar surface area (TPSA) is 228 Å². The Morgan fingerprint density at radius 1 is 0.474 bits per heavy atom. The van der Waals surface area contributed by atoms with Gasteiger partial charge in [0.15, 0.2) is 12.6 Å². The number of nitrogens with one attached hydrogen (secondary N) is 1. The zero-order valence-corrected chi connectivity index (χ0v) is 48.4. The predicted octanol–water partition coefficient (Wildman–Crippen LogP) is 10.9.